The first-order chi connectivity index (χ1) is 18.2. The molecule has 12 heteroatoms. The Morgan fingerprint density at radius 2 is 1.68 bits per heavy atom. The maximum Gasteiger partial charge on any atom is 0.453 e. The third-order valence-electron chi connectivity index (χ3n) is 7.34. The summed E-state index contributed by atoms with van der Waals surface area (Å²) in [4.78, 5) is 17.7. The second-order valence-electron chi connectivity index (χ2n) is 10.0. The van der Waals surface area contributed by atoms with E-state index in [1.807, 2.05) is 21.9 Å². The van der Waals surface area contributed by atoms with Crippen molar-refractivity contribution in [3.63, 3.8) is 0 Å². The minimum atomic E-state index is -4.61. The molecule has 0 radical (unpaired) electrons. The molecule has 0 spiro atoms. The molecule has 1 atom stereocenters. The number of carbonyl (C=O) groups is 1. The zero-order chi connectivity index (χ0) is 26.9. The summed E-state index contributed by atoms with van der Waals surface area (Å²) >= 11 is 0. The van der Waals surface area contributed by atoms with Gasteiger partial charge in [-0.3, -0.25) is 9.69 Å². The summed E-state index contributed by atoms with van der Waals surface area (Å²) in [5.41, 5.74) is 1.30. The van der Waals surface area contributed by atoms with Crippen LogP contribution in [0.3, 0.4) is 0 Å². The van der Waals surface area contributed by atoms with Gasteiger partial charge in [-0.15, -0.1) is 15.3 Å². The molecule has 2 aliphatic rings. The number of ether oxygens (including phenoxy) is 1. The summed E-state index contributed by atoms with van der Waals surface area (Å²) < 4.78 is 46.5. The topological polar surface area (TPSA) is 79.1 Å². The smallest absolute Gasteiger partial charge is 0.453 e. The van der Waals surface area contributed by atoms with E-state index in [1.54, 1.807) is 13.0 Å². The molecule has 2 aromatic heterocycles. The van der Waals surface area contributed by atoms with Gasteiger partial charge in [0.25, 0.3) is 5.82 Å². The van der Waals surface area contributed by atoms with Crippen LogP contribution in [0.15, 0.2) is 36.4 Å². The molecule has 0 N–H and O–H groups in total. The SMILES string of the molecule is CC(=O)N1CCN(C[C@H](C)Oc2ccc(C3CCN(c4ccc5nnc(C(F)(F)F)n5n4)CC3)cc2)CC1. The Morgan fingerprint density at radius 1 is 1.00 bits per heavy atom. The van der Waals surface area contributed by atoms with E-state index in [0.717, 1.165) is 55.8 Å². The van der Waals surface area contributed by atoms with Crippen LogP contribution in [0.4, 0.5) is 19.0 Å². The van der Waals surface area contributed by atoms with Crippen LogP contribution in [0.1, 0.15) is 44.0 Å². The van der Waals surface area contributed by atoms with Gasteiger partial charge in [-0.2, -0.15) is 17.7 Å². The molecule has 9 nitrogen and oxygen atoms in total. The van der Waals surface area contributed by atoms with Gasteiger partial charge in [-0.25, -0.2) is 0 Å². The minimum absolute atomic E-state index is 0.0290. The predicted octanol–water partition coefficient (Wildman–Crippen LogP) is 3.46. The highest BCUT2D eigenvalue weighted by atomic mass is 19.4. The zero-order valence-corrected chi connectivity index (χ0v) is 21.6. The van der Waals surface area contributed by atoms with Crippen molar-refractivity contribution in [3.8, 4) is 5.75 Å². The van der Waals surface area contributed by atoms with Crippen molar-refractivity contribution in [1.82, 2.24) is 29.6 Å². The Balaban J connectivity index is 1.13. The van der Waals surface area contributed by atoms with E-state index in [0.29, 0.717) is 24.8 Å². The molecular weight excluding hydrogens is 499 g/mol. The van der Waals surface area contributed by atoms with E-state index in [1.165, 1.54) is 11.6 Å². The fourth-order valence-electron chi connectivity index (χ4n) is 5.26. The van der Waals surface area contributed by atoms with Crippen molar-refractivity contribution in [1.29, 1.82) is 0 Å². The fraction of sp³-hybridized carbons (Fsp3) is 0.538. The van der Waals surface area contributed by atoms with Crippen LogP contribution in [0.2, 0.25) is 0 Å². The average molecular weight is 532 g/mol. The lowest BCUT2D eigenvalue weighted by atomic mass is 9.89. The fourth-order valence-corrected chi connectivity index (χ4v) is 5.26. The molecule has 4 heterocycles. The van der Waals surface area contributed by atoms with Gasteiger partial charge in [0.05, 0.1) is 0 Å². The number of nitrogens with zero attached hydrogens (tertiary/aromatic N) is 7. The normalized spacial score (nSPS) is 18.7. The maximum atomic E-state index is 13.2. The van der Waals surface area contributed by atoms with Gasteiger partial charge in [0.2, 0.25) is 5.91 Å². The monoisotopic (exact) mass is 531 g/mol. The van der Waals surface area contributed by atoms with E-state index in [9.17, 15) is 18.0 Å². The number of piperidine rings is 1. The van der Waals surface area contributed by atoms with Crippen LogP contribution in [0.25, 0.3) is 5.65 Å². The molecule has 0 saturated carbocycles. The highest BCUT2D eigenvalue weighted by molar-refractivity contribution is 5.73. The number of rotatable bonds is 6. The lowest BCUT2D eigenvalue weighted by molar-refractivity contribution is -0.146. The molecule has 0 bridgehead atoms. The average Bonchev–Trinajstić information content (AvgIpc) is 3.34. The first-order valence-corrected chi connectivity index (χ1v) is 13.0. The number of carbonyl (C=O) groups excluding carboxylic acids is 1. The third-order valence-corrected chi connectivity index (χ3v) is 7.34. The molecule has 3 aromatic rings. The van der Waals surface area contributed by atoms with Crippen molar-refractivity contribution in [2.75, 3.05) is 50.7 Å². The second kappa shape index (κ2) is 10.8. The maximum absolute atomic E-state index is 13.2. The standard InChI is InChI=1S/C26H32F3N7O2/c1-18(17-33-13-15-34(16-14-33)19(2)37)38-22-5-3-20(4-6-22)21-9-11-35(12-10-21)24-8-7-23-30-31-25(26(27,28)29)36(23)32-24/h3-8,18,21H,9-17H2,1-2H3/t18-/m0/s1. The van der Waals surface area contributed by atoms with E-state index in [2.05, 4.69) is 39.3 Å². The highest BCUT2D eigenvalue weighted by Gasteiger charge is 2.38. The summed E-state index contributed by atoms with van der Waals surface area (Å²) in [6.45, 7) is 9.10. The van der Waals surface area contributed by atoms with Crippen LogP contribution in [-0.4, -0.2) is 87.4 Å². The zero-order valence-electron chi connectivity index (χ0n) is 21.6. The van der Waals surface area contributed by atoms with Gasteiger partial charge < -0.3 is 14.5 Å². The summed E-state index contributed by atoms with van der Waals surface area (Å²) in [5, 5.41) is 11.0. The number of halogens is 3. The van der Waals surface area contributed by atoms with Gasteiger partial charge in [-0.05, 0) is 55.5 Å². The lowest BCUT2D eigenvalue weighted by Gasteiger charge is -2.35. The van der Waals surface area contributed by atoms with E-state index < -0.39 is 12.0 Å². The summed E-state index contributed by atoms with van der Waals surface area (Å²) in [6, 6.07) is 11.4. The summed E-state index contributed by atoms with van der Waals surface area (Å²) in [6.07, 6.45) is -2.84. The Morgan fingerprint density at radius 3 is 2.32 bits per heavy atom. The quantitative estimate of drug-likeness (QED) is 0.482. The predicted molar refractivity (Wildman–Crippen MR) is 135 cm³/mol. The Bertz CT molecular complexity index is 1250. The first kappa shape index (κ1) is 26.2. The van der Waals surface area contributed by atoms with E-state index >= 15 is 0 Å². The molecule has 0 unspecified atom stereocenters. The van der Waals surface area contributed by atoms with Crippen molar-refractivity contribution in [3.05, 3.63) is 47.8 Å². The van der Waals surface area contributed by atoms with Crippen LogP contribution in [0, 0.1) is 0 Å². The van der Waals surface area contributed by atoms with Gasteiger partial charge >= 0.3 is 6.18 Å². The first-order valence-electron chi connectivity index (χ1n) is 13.0. The Labute approximate surface area is 219 Å². The van der Waals surface area contributed by atoms with E-state index in [-0.39, 0.29) is 17.7 Å². The van der Waals surface area contributed by atoms with Gasteiger partial charge in [0, 0.05) is 52.7 Å². The second-order valence-corrected chi connectivity index (χ2v) is 10.0. The molecule has 2 fully saturated rings. The number of piperazine rings is 1. The van der Waals surface area contributed by atoms with Crippen molar-refractivity contribution >= 4 is 17.4 Å². The molecule has 2 aliphatic heterocycles. The molecule has 2 saturated heterocycles. The number of anilines is 1. The summed E-state index contributed by atoms with van der Waals surface area (Å²) in [7, 11) is 0. The van der Waals surface area contributed by atoms with Crippen molar-refractivity contribution in [2.24, 2.45) is 0 Å². The van der Waals surface area contributed by atoms with Gasteiger partial charge in [0.15, 0.2) is 5.65 Å². The lowest BCUT2D eigenvalue weighted by Crippen LogP contribution is -2.50. The Kier molecular flexibility index (Phi) is 7.42. The molecule has 5 rings (SSSR count). The summed E-state index contributed by atoms with van der Waals surface area (Å²) in [5.74, 6) is 0.690. The molecule has 204 valence electrons. The number of hydrogen-bond donors (Lipinski definition) is 0. The Hall–Kier alpha value is -3.41. The molecular formula is C26H32F3N7O2. The number of benzene rings is 1. The third kappa shape index (κ3) is 5.85. The van der Waals surface area contributed by atoms with Gasteiger partial charge in [-0.1, -0.05) is 12.1 Å². The number of fused-ring (bicyclic) bond motifs is 1. The molecule has 0 aliphatic carbocycles. The van der Waals surface area contributed by atoms with Gasteiger partial charge in [0.1, 0.15) is 17.7 Å². The van der Waals surface area contributed by atoms with Crippen molar-refractivity contribution in [2.45, 2.75) is 44.9 Å². The number of amides is 1. The molecule has 1 amide bonds. The number of alkyl halides is 3. The molecule has 1 aromatic carbocycles. The van der Waals surface area contributed by atoms with Crippen molar-refractivity contribution < 1.29 is 22.7 Å². The minimum Gasteiger partial charge on any atom is -0.489 e. The van der Waals surface area contributed by atoms with Crippen LogP contribution < -0.4 is 9.64 Å². The number of hydrogen-bond acceptors (Lipinski definition) is 7. The number of aromatic nitrogens is 4. The van der Waals surface area contributed by atoms with E-state index in [4.69, 9.17) is 4.74 Å². The van der Waals surface area contributed by atoms with Crippen LogP contribution in [0.5, 0.6) is 5.75 Å². The molecule has 38 heavy (non-hydrogen) atoms. The largest absolute Gasteiger partial charge is 0.489 e. The highest BCUT2D eigenvalue weighted by Crippen LogP contribution is 2.32. The van der Waals surface area contributed by atoms with Crippen LogP contribution >= 0.6 is 0 Å². The van der Waals surface area contributed by atoms with Crippen LogP contribution in [-0.2, 0) is 11.0 Å².